The summed E-state index contributed by atoms with van der Waals surface area (Å²) < 4.78 is 13.6. The summed E-state index contributed by atoms with van der Waals surface area (Å²) in [6.45, 7) is 0. The summed E-state index contributed by atoms with van der Waals surface area (Å²) in [5.41, 5.74) is 3.88. The summed E-state index contributed by atoms with van der Waals surface area (Å²) in [6.07, 6.45) is 5.33. The molecule has 3 aromatic carbocycles. The van der Waals surface area contributed by atoms with E-state index in [1.54, 1.807) is 12.1 Å². The molecular weight excluding hydrogens is 321 g/mol. The lowest BCUT2D eigenvalue weighted by Gasteiger charge is -2.20. The second-order valence-corrected chi connectivity index (χ2v) is 5.80. The zero-order valence-electron chi connectivity index (χ0n) is 13.1. The Kier molecular flexibility index (Phi) is 4.55. The van der Waals surface area contributed by atoms with E-state index in [1.807, 2.05) is 60.5 Å². The molecule has 0 aliphatic rings. The maximum absolute atomic E-state index is 13.6. The molecule has 0 radical (unpaired) electrons. The fourth-order valence-corrected chi connectivity index (χ4v) is 2.83. The van der Waals surface area contributed by atoms with Gasteiger partial charge in [-0.25, -0.2) is 4.39 Å². The Morgan fingerprint density at radius 1 is 0.958 bits per heavy atom. The average molecular weight is 336 g/mol. The highest BCUT2D eigenvalue weighted by atomic mass is 35.5. The molecule has 0 aliphatic heterocycles. The standard InChI is InChI=1S/C21H15ClFN/c1-3-15-13-16(9-12-21(15)23)19-11-10-18(14-20(19)22)24(2)17-7-5-4-6-8-17/h1,4-14H,2H3. The lowest BCUT2D eigenvalue weighted by molar-refractivity contribution is 0.624. The molecule has 0 saturated carbocycles. The first-order valence-electron chi connectivity index (χ1n) is 7.45. The highest BCUT2D eigenvalue weighted by Crippen LogP contribution is 2.34. The first-order chi connectivity index (χ1) is 11.6. The molecule has 24 heavy (non-hydrogen) atoms. The molecule has 118 valence electrons. The van der Waals surface area contributed by atoms with Gasteiger partial charge < -0.3 is 4.90 Å². The minimum Gasteiger partial charge on any atom is -0.345 e. The number of anilines is 2. The van der Waals surface area contributed by atoms with Gasteiger partial charge in [-0.15, -0.1) is 6.42 Å². The van der Waals surface area contributed by atoms with Gasteiger partial charge in [0.1, 0.15) is 5.82 Å². The van der Waals surface area contributed by atoms with Gasteiger partial charge in [-0.2, -0.15) is 0 Å². The van der Waals surface area contributed by atoms with E-state index in [1.165, 1.54) is 6.07 Å². The summed E-state index contributed by atoms with van der Waals surface area (Å²) in [6, 6.07) is 20.5. The summed E-state index contributed by atoms with van der Waals surface area (Å²) >= 11 is 6.46. The number of terminal acetylenes is 1. The molecule has 0 N–H and O–H groups in total. The third kappa shape index (κ3) is 3.13. The van der Waals surface area contributed by atoms with Crippen LogP contribution in [0.4, 0.5) is 15.8 Å². The predicted molar refractivity (Wildman–Crippen MR) is 99.3 cm³/mol. The summed E-state index contributed by atoms with van der Waals surface area (Å²) in [5.74, 6) is 1.94. The van der Waals surface area contributed by atoms with Crippen molar-refractivity contribution in [2.75, 3.05) is 11.9 Å². The Labute approximate surface area is 146 Å². The average Bonchev–Trinajstić information content (AvgIpc) is 2.62. The molecule has 1 nitrogen and oxygen atoms in total. The van der Waals surface area contributed by atoms with Crippen molar-refractivity contribution in [3.63, 3.8) is 0 Å². The van der Waals surface area contributed by atoms with E-state index in [-0.39, 0.29) is 5.56 Å². The van der Waals surface area contributed by atoms with Crippen LogP contribution in [0.5, 0.6) is 0 Å². The molecule has 3 aromatic rings. The smallest absolute Gasteiger partial charge is 0.138 e. The van der Waals surface area contributed by atoms with Gasteiger partial charge in [0.15, 0.2) is 0 Å². The van der Waals surface area contributed by atoms with Gasteiger partial charge in [0, 0.05) is 24.0 Å². The molecule has 3 rings (SSSR count). The molecule has 0 aliphatic carbocycles. The van der Waals surface area contributed by atoms with Gasteiger partial charge in [0.2, 0.25) is 0 Å². The quantitative estimate of drug-likeness (QED) is 0.539. The van der Waals surface area contributed by atoms with E-state index in [9.17, 15) is 4.39 Å². The van der Waals surface area contributed by atoms with Crippen molar-refractivity contribution >= 4 is 23.0 Å². The van der Waals surface area contributed by atoms with Gasteiger partial charge in [-0.1, -0.05) is 47.9 Å². The van der Waals surface area contributed by atoms with Gasteiger partial charge in [-0.3, -0.25) is 0 Å². The van der Waals surface area contributed by atoms with Crippen molar-refractivity contribution in [3.8, 4) is 23.5 Å². The third-order valence-corrected chi connectivity index (χ3v) is 4.23. The minimum atomic E-state index is -0.405. The summed E-state index contributed by atoms with van der Waals surface area (Å²) in [7, 11) is 1.98. The second kappa shape index (κ2) is 6.78. The molecule has 0 heterocycles. The van der Waals surface area contributed by atoms with Gasteiger partial charge in [0.05, 0.1) is 10.6 Å². The van der Waals surface area contributed by atoms with E-state index in [0.29, 0.717) is 5.02 Å². The van der Waals surface area contributed by atoms with Crippen LogP contribution in [0.3, 0.4) is 0 Å². The van der Waals surface area contributed by atoms with E-state index < -0.39 is 5.82 Å². The minimum absolute atomic E-state index is 0.231. The zero-order valence-corrected chi connectivity index (χ0v) is 13.9. The fourth-order valence-electron chi connectivity index (χ4n) is 2.55. The van der Waals surface area contributed by atoms with Crippen molar-refractivity contribution in [2.45, 2.75) is 0 Å². The van der Waals surface area contributed by atoms with Crippen LogP contribution in [-0.4, -0.2) is 7.05 Å². The highest BCUT2D eigenvalue weighted by molar-refractivity contribution is 6.33. The molecule has 0 atom stereocenters. The fraction of sp³-hybridized carbons (Fsp3) is 0.0476. The topological polar surface area (TPSA) is 3.24 Å². The van der Waals surface area contributed by atoms with E-state index in [2.05, 4.69) is 5.92 Å². The highest BCUT2D eigenvalue weighted by Gasteiger charge is 2.10. The number of rotatable bonds is 3. The first kappa shape index (κ1) is 16.1. The number of para-hydroxylation sites is 1. The molecule has 0 spiro atoms. The normalized spacial score (nSPS) is 10.2. The van der Waals surface area contributed by atoms with Crippen LogP contribution in [0.15, 0.2) is 66.7 Å². The molecular formula is C21H15ClFN. The van der Waals surface area contributed by atoms with Crippen LogP contribution in [0.25, 0.3) is 11.1 Å². The lowest BCUT2D eigenvalue weighted by atomic mass is 10.0. The number of hydrogen-bond acceptors (Lipinski definition) is 1. The van der Waals surface area contributed by atoms with Crippen LogP contribution >= 0.6 is 11.6 Å². The number of hydrogen-bond donors (Lipinski definition) is 0. The lowest BCUT2D eigenvalue weighted by Crippen LogP contribution is -2.09. The molecule has 3 heteroatoms. The van der Waals surface area contributed by atoms with Crippen molar-refractivity contribution in [3.05, 3.63) is 83.1 Å². The summed E-state index contributed by atoms with van der Waals surface area (Å²) in [4.78, 5) is 2.05. The maximum atomic E-state index is 13.6. The molecule has 0 aromatic heterocycles. The number of halogens is 2. The van der Waals surface area contributed by atoms with Gasteiger partial charge in [0.25, 0.3) is 0 Å². The SMILES string of the molecule is C#Cc1cc(-c2ccc(N(C)c3ccccc3)cc2Cl)ccc1F. The second-order valence-electron chi connectivity index (χ2n) is 5.40. The third-order valence-electron chi connectivity index (χ3n) is 3.92. The molecule has 0 fully saturated rings. The van der Waals surface area contributed by atoms with Crippen LogP contribution in [0.1, 0.15) is 5.56 Å². The van der Waals surface area contributed by atoms with Crippen LogP contribution in [0.2, 0.25) is 5.02 Å². The molecule has 0 amide bonds. The number of nitrogens with zero attached hydrogens (tertiary/aromatic N) is 1. The van der Waals surface area contributed by atoms with E-state index >= 15 is 0 Å². The summed E-state index contributed by atoms with van der Waals surface area (Å²) in [5, 5.41) is 0.588. The Hall–Kier alpha value is -2.76. The molecule has 0 bridgehead atoms. The maximum Gasteiger partial charge on any atom is 0.138 e. The van der Waals surface area contributed by atoms with E-state index in [0.717, 1.165) is 22.5 Å². The van der Waals surface area contributed by atoms with Crippen molar-refractivity contribution in [2.24, 2.45) is 0 Å². The van der Waals surface area contributed by atoms with Crippen LogP contribution < -0.4 is 4.90 Å². The van der Waals surface area contributed by atoms with Crippen molar-refractivity contribution < 1.29 is 4.39 Å². The van der Waals surface area contributed by atoms with Crippen LogP contribution in [0, 0.1) is 18.2 Å². The monoisotopic (exact) mass is 335 g/mol. The number of benzene rings is 3. The van der Waals surface area contributed by atoms with E-state index in [4.69, 9.17) is 18.0 Å². The zero-order chi connectivity index (χ0) is 17.1. The predicted octanol–water partition coefficient (Wildman–Crippen LogP) is 5.90. The Morgan fingerprint density at radius 3 is 2.38 bits per heavy atom. The van der Waals surface area contributed by atoms with Crippen molar-refractivity contribution in [1.29, 1.82) is 0 Å². The molecule has 0 unspecified atom stereocenters. The Balaban J connectivity index is 1.98. The first-order valence-corrected chi connectivity index (χ1v) is 7.83. The Morgan fingerprint density at radius 2 is 1.71 bits per heavy atom. The molecule has 0 saturated heterocycles. The van der Waals surface area contributed by atoms with Crippen molar-refractivity contribution in [1.82, 2.24) is 0 Å². The Bertz CT molecular complexity index is 913. The largest absolute Gasteiger partial charge is 0.345 e. The van der Waals surface area contributed by atoms with Crippen LogP contribution in [-0.2, 0) is 0 Å². The van der Waals surface area contributed by atoms with Gasteiger partial charge >= 0.3 is 0 Å². The van der Waals surface area contributed by atoms with Gasteiger partial charge in [-0.05, 0) is 42.0 Å².